The molecule has 3 N–H and O–H groups in total. The van der Waals surface area contributed by atoms with Gasteiger partial charge in [-0.25, -0.2) is 0 Å². The molecule has 7 heteroatoms. The lowest BCUT2D eigenvalue weighted by molar-refractivity contribution is -0.136. The predicted octanol–water partition coefficient (Wildman–Crippen LogP) is 0.317. The molecule has 0 saturated carbocycles. The Kier molecular flexibility index (Phi) is 6.44. The summed E-state index contributed by atoms with van der Waals surface area (Å²) in [5, 5.41) is 14.9. The van der Waals surface area contributed by atoms with Crippen molar-refractivity contribution in [3.05, 3.63) is 29.3 Å². The Morgan fingerprint density at radius 2 is 1.85 bits per heavy atom. The van der Waals surface area contributed by atoms with Gasteiger partial charge in [0.05, 0.1) is 6.10 Å². The van der Waals surface area contributed by atoms with Crippen LogP contribution >= 0.6 is 11.6 Å². The maximum absolute atomic E-state index is 11.6. The fraction of sp³-hybridized carbons (Fsp3) is 0.385. The van der Waals surface area contributed by atoms with E-state index in [1.165, 1.54) is 0 Å². The zero-order valence-electron chi connectivity index (χ0n) is 11.4. The van der Waals surface area contributed by atoms with E-state index >= 15 is 0 Å². The first kappa shape index (κ1) is 16.4. The maximum Gasteiger partial charge on any atom is 0.313 e. The van der Waals surface area contributed by atoms with Crippen molar-refractivity contribution in [3.8, 4) is 0 Å². The van der Waals surface area contributed by atoms with Gasteiger partial charge in [0.1, 0.15) is 0 Å². The van der Waals surface area contributed by atoms with Crippen LogP contribution in [0, 0.1) is 0 Å². The van der Waals surface area contributed by atoms with Gasteiger partial charge in [-0.15, -0.1) is 0 Å². The molecule has 20 heavy (non-hydrogen) atoms. The van der Waals surface area contributed by atoms with Gasteiger partial charge >= 0.3 is 11.8 Å². The summed E-state index contributed by atoms with van der Waals surface area (Å²) in [5.41, 5.74) is 0.475. The lowest BCUT2D eigenvalue weighted by atomic mass is 10.3. The molecule has 0 bridgehead atoms. The minimum atomic E-state index is -0.794. The van der Waals surface area contributed by atoms with E-state index in [0.717, 1.165) is 0 Å². The molecule has 1 unspecified atom stereocenters. The van der Waals surface area contributed by atoms with E-state index in [2.05, 4.69) is 10.6 Å². The number of amides is 2. The quantitative estimate of drug-likeness (QED) is 0.684. The van der Waals surface area contributed by atoms with Gasteiger partial charge in [-0.05, 0) is 38.4 Å². The lowest BCUT2D eigenvalue weighted by Crippen LogP contribution is -2.42. The van der Waals surface area contributed by atoms with Crippen molar-refractivity contribution in [2.45, 2.75) is 6.10 Å². The van der Waals surface area contributed by atoms with Gasteiger partial charge in [0.2, 0.25) is 0 Å². The molecule has 0 fully saturated rings. The predicted molar refractivity (Wildman–Crippen MR) is 77.7 cm³/mol. The molecular formula is C13H18ClN3O3. The Bertz CT molecular complexity index is 462. The van der Waals surface area contributed by atoms with Crippen molar-refractivity contribution >= 4 is 29.1 Å². The van der Waals surface area contributed by atoms with Crippen molar-refractivity contribution < 1.29 is 14.7 Å². The summed E-state index contributed by atoms with van der Waals surface area (Å²) in [6.45, 7) is 0.421. The minimum absolute atomic E-state index is 0.0189. The van der Waals surface area contributed by atoms with E-state index in [1.54, 1.807) is 43.3 Å². The summed E-state index contributed by atoms with van der Waals surface area (Å²) in [4.78, 5) is 24.9. The van der Waals surface area contributed by atoms with Crippen LogP contribution in [0.15, 0.2) is 24.3 Å². The summed E-state index contributed by atoms with van der Waals surface area (Å²) < 4.78 is 0. The highest BCUT2D eigenvalue weighted by Crippen LogP contribution is 2.13. The summed E-state index contributed by atoms with van der Waals surface area (Å²) in [7, 11) is 3.61. The van der Waals surface area contributed by atoms with Crippen molar-refractivity contribution in [1.29, 1.82) is 0 Å². The Hall–Kier alpha value is -1.63. The van der Waals surface area contributed by atoms with Gasteiger partial charge in [-0.3, -0.25) is 9.59 Å². The van der Waals surface area contributed by atoms with Crippen LogP contribution in [0.1, 0.15) is 0 Å². The van der Waals surface area contributed by atoms with E-state index < -0.39 is 17.9 Å². The van der Waals surface area contributed by atoms with E-state index in [4.69, 9.17) is 11.6 Å². The third kappa shape index (κ3) is 6.01. The smallest absolute Gasteiger partial charge is 0.313 e. The van der Waals surface area contributed by atoms with Gasteiger partial charge in [-0.2, -0.15) is 0 Å². The zero-order chi connectivity index (χ0) is 15.1. The van der Waals surface area contributed by atoms with E-state index in [0.29, 0.717) is 17.3 Å². The number of nitrogens with zero attached hydrogens (tertiary/aromatic N) is 1. The molecular weight excluding hydrogens is 282 g/mol. The number of carbonyl (C=O) groups excluding carboxylic acids is 2. The minimum Gasteiger partial charge on any atom is -0.390 e. The molecule has 0 heterocycles. The van der Waals surface area contributed by atoms with Gasteiger partial charge in [0.15, 0.2) is 0 Å². The Balaban J connectivity index is 2.39. The molecule has 0 saturated heterocycles. The molecule has 1 atom stereocenters. The first-order chi connectivity index (χ1) is 9.38. The molecule has 1 aromatic carbocycles. The second kappa shape index (κ2) is 7.84. The number of aliphatic hydroxyl groups excluding tert-OH is 1. The highest BCUT2D eigenvalue weighted by Gasteiger charge is 2.15. The Labute approximate surface area is 122 Å². The normalized spacial score (nSPS) is 12.1. The van der Waals surface area contributed by atoms with Crippen molar-refractivity contribution in [2.24, 2.45) is 0 Å². The van der Waals surface area contributed by atoms with Crippen molar-refractivity contribution in [3.63, 3.8) is 0 Å². The average Bonchev–Trinajstić information content (AvgIpc) is 2.37. The highest BCUT2D eigenvalue weighted by molar-refractivity contribution is 6.39. The Morgan fingerprint density at radius 3 is 2.40 bits per heavy atom. The van der Waals surface area contributed by atoms with Gasteiger partial charge in [0, 0.05) is 23.8 Å². The van der Waals surface area contributed by atoms with Crippen LogP contribution in [0.4, 0.5) is 5.69 Å². The van der Waals surface area contributed by atoms with Crippen LogP contribution in [0.3, 0.4) is 0 Å². The monoisotopic (exact) mass is 299 g/mol. The van der Waals surface area contributed by atoms with Gasteiger partial charge in [0.25, 0.3) is 0 Å². The first-order valence-corrected chi connectivity index (χ1v) is 6.44. The molecule has 6 nitrogen and oxygen atoms in total. The number of nitrogens with one attached hydrogen (secondary N) is 2. The summed E-state index contributed by atoms with van der Waals surface area (Å²) >= 11 is 5.71. The number of rotatable bonds is 5. The SMILES string of the molecule is CN(C)CC(O)CNC(=O)C(=O)Nc1ccc(Cl)cc1. The molecule has 0 spiro atoms. The molecule has 0 aliphatic rings. The molecule has 1 rings (SSSR count). The highest BCUT2D eigenvalue weighted by atomic mass is 35.5. The molecule has 110 valence electrons. The summed E-state index contributed by atoms with van der Waals surface area (Å²) in [6, 6.07) is 6.40. The summed E-state index contributed by atoms with van der Waals surface area (Å²) in [6.07, 6.45) is -0.725. The number of anilines is 1. The topological polar surface area (TPSA) is 81.7 Å². The molecule has 0 radical (unpaired) electrons. The number of hydrogen-bond donors (Lipinski definition) is 3. The van der Waals surface area contributed by atoms with Crippen molar-refractivity contribution in [2.75, 3.05) is 32.5 Å². The van der Waals surface area contributed by atoms with Crippen LogP contribution < -0.4 is 10.6 Å². The van der Waals surface area contributed by atoms with Crippen LogP contribution in [-0.2, 0) is 9.59 Å². The largest absolute Gasteiger partial charge is 0.390 e. The number of likely N-dealkylation sites (N-methyl/N-ethyl adjacent to an activating group) is 1. The number of halogens is 1. The van der Waals surface area contributed by atoms with E-state index in [-0.39, 0.29) is 6.54 Å². The fourth-order valence-corrected chi connectivity index (χ4v) is 1.62. The second-order valence-corrected chi connectivity index (χ2v) is 5.02. The number of hydrogen-bond acceptors (Lipinski definition) is 4. The number of benzene rings is 1. The lowest BCUT2D eigenvalue weighted by Gasteiger charge is -2.16. The van der Waals surface area contributed by atoms with Crippen LogP contribution in [-0.4, -0.2) is 55.1 Å². The van der Waals surface area contributed by atoms with Gasteiger partial charge < -0.3 is 20.6 Å². The molecule has 2 amide bonds. The standard InChI is InChI=1S/C13H18ClN3O3/c1-17(2)8-11(18)7-15-12(19)13(20)16-10-5-3-9(14)4-6-10/h3-6,11,18H,7-8H2,1-2H3,(H,15,19)(H,16,20). The summed E-state index contributed by atoms with van der Waals surface area (Å²) in [5.74, 6) is -1.58. The Morgan fingerprint density at radius 1 is 1.25 bits per heavy atom. The van der Waals surface area contributed by atoms with Crippen LogP contribution in [0.5, 0.6) is 0 Å². The van der Waals surface area contributed by atoms with Gasteiger partial charge in [-0.1, -0.05) is 11.6 Å². The third-order valence-corrected chi connectivity index (χ3v) is 2.63. The van der Waals surface area contributed by atoms with Crippen LogP contribution in [0.25, 0.3) is 0 Å². The number of aliphatic hydroxyl groups is 1. The van der Waals surface area contributed by atoms with Crippen LogP contribution in [0.2, 0.25) is 5.02 Å². The third-order valence-electron chi connectivity index (χ3n) is 2.38. The molecule has 0 aliphatic carbocycles. The maximum atomic E-state index is 11.6. The second-order valence-electron chi connectivity index (χ2n) is 4.59. The molecule has 1 aromatic rings. The first-order valence-electron chi connectivity index (χ1n) is 6.06. The van der Waals surface area contributed by atoms with E-state index in [9.17, 15) is 14.7 Å². The molecule has 0 aliphatic heterocycles. The fourth-order valence-electron chi connectivity index (χ4n) is 1.50. The molecule has 0 aromatic heterocycles. The van der Waals surface area contributed by atoms with E-state index in [1.807, 2.05) is 0 Å². The average molecular weight is 300 g/mol. The zero-order valence-corrected chi connectivity index (χ0v) is 12.1. The number of carbonyl (C=O) groups is 2. The van der Waals surface area contributed by atoms with Crippen molar-refractivity contribution in [1.82, 2.24) is 10.2 Å².